The molecule has 0 radical (unpaired) electrons. The monoisotopic (exact) mass is 420 g/mol. The third kappa shape index (κ3) is 4.39. The third-order valence-electron chi connectivity index (χ3n) is 5.10. The molecule has 3 aromatic rings. The van der Waals surface area contributed by atoms with E-state index in [9.17, 15) is 8.42 Å². The van der Waals surface area contributed by atoms with Crippen LogP contribution < -0.4 is 4.74 Å². The van der Waals surface area contributed by atoms with Crippen LogP contribution in [0, 0.1) is 0 Å². The molecule has 5 nitrogen and oxygen atoms in total. The smallest absolute Gasteiger partial charge is 0.284 e. The van der Waals surface area contributed by atoms with E-state index in [1.54, 1.807) is 12.1 Å². The Bertz CT molecular complexity index is 1140. The van der Waals surface area contributed by atoms with Crippen LogP contribution in [-0.4, -0.2) is 32.3 Å². The molecule has 6 heteroatoms. The Morgan fingerprint density at radius 1 is 0.933 bits per heavy atom. The van der Waals surface area contributed by atoms with Crippen LogP contribution in [0.4, 0.5) is 0 Å². The van der Waals surface area contributed by atoms with Crippen LogP contribution in [0.2, 0.25) is 0 Å². The second-order valence-electron chi connectivity index (χ2n) is 7.10. The molecule has 3 aromatic carbocycles. The molecular formula is C24H24N2O3S. The first-order valence-electron chi connectivity index (χ1n) is 10.0. The van der Waals surface area contributed by atoms with E-state index in [-0.39, 0.29) is 4.90 Å². The van der Waals surface area contributed by atoms with Crippen LogP contribution in [0.5, 0.6) is 5.75 Å². The van der Waals surface area contributed by atoms with Gasteiger partial charge in [-0.1, -0.05) is 54.6 Å². The number of nitrogens with zero attached hydrogens (tertiary/aromatic N) is 2. The first-order chi connectivity index (χ1) is 14.6. The molecule has 30 heavy (non-hydrogen) atoms. The van der Waals surface area contributed by atoms with Gasteiger partial charge in [0, 0.05) is 18.7 Å². The van der Waals surface area contributed by atoms with Gasteiger partial charge in [-0.3, -0.25) is 0 Å². The summed E-state index contributed by atoms with van der Waals surface area (Å²) in [6.45, 7) is 3.75. The molecule has 0 saturated carbocycles. The summed E-state index contributed by atoms with van der Waals surface area (Å²) < 4.78 is 35.9. The molecule has 1 heterocycles. The summed E-state index contributed by atoms with van der Waals surface area (Å²) in [5.74, 6) is 1.11. The maximum Gasteiger partial charge on any atom is 0.284 e. The Balaban J connectivity index is 1.72. The highest BCUT2D eigenvalue weighted by Gasteiger charge is 2.23. The van der Waals surface area contributed by atoms with Crippen LogP contribution in [0.1, 0.15) is 23.6 Å². The SMILES string of the molecule is CCOc1ccc(S(=O)(=O)/N=C(\c2ccccc2)N2CCc3ccccc3C2)cc1. The molecule has 0 aliphatic carbocycles. The quantitative estimate of drug-likeness (QED) is 0.457. The van der Waals surface area contributed by atoms with Crippen molar-refractivity contribution in [2.45, 2.75) is 24.8 Å². The van der Waals surface area contributed by atoms with E-state index in [4.69, 9.17) is 4.74 Å². The number of rotatable bonds is 5. The molecule has 1 aliphatic heterocycles. The number of fused-ring (bicyclic) bond motifs is 1. The molecule has 0 spiro atoms. The largest absolute Gasteiger partial charge is 0.494 e. The van der Waals surface area contributed by atoms with Crippen LogP contribution >= 0.6 is 0 Å². The van der Waals surface area contributed by atoms with Gasteiger partial charge in [-0.2, -0.15) is 8.42 Å². The van der Waals surface area contributed by atoms with Crippen molar-refractivity contribution in [2.75, 3.05) is 13.2 Å². The summed E-state index contributed by atoms with van der Waals surface area (Å²) in [5, 5.41) is 0. The summed E-state index contributed by atoms with van der Waals surface area (Å²) in [5.41, 5.74) is 3.28. The van der Waals surface area contributed by atoms with Gasteiger partial charge >= 0.3 is 0 Å². The lowest BCUT2D eigenvalue weighted by Crippen LogP contribution is -2.37. The Kier molecular flexibility index (Phi) is 5.86. The molecule has 0 aromatic heterocycles. The van der Waals surface area contributed by atoms with Gasteiger partial charge in [0.15, 0.2) is 0 Å². The Morgan fingerprint density at radius 2 is 1.60 bits per heavy atom. The Labute approximate surface area is 177 Å². The number of sulfonamides is 1. The molecular weight excluding hydrogens is 396 g/mol. The van der Waals surface area contributed by atoms with E-state index in [2.05, 4.69) is 16.5 Å². The third-order valence-corrected chi connectivity index (χ3v) is 6.38. The standard InChI is InChI=1S/C24H24N2O3S/c1-2-29-22-12-14-23(15-13-22)30(27,28)25-24(20-9-4-3-5-10-20)26-17-16-19-8-6-7-11-21(19)18-26/h3-15H,2,16-18H2,1H3/b25-24+. The van der Waals surface area contributed by atoms with Crippen molar-refractivity contribution < 1.29 is 13.2 Å². The van der Waals surface area contributed by atoms with Crippen molar-refractivity contribution in [1.29, 1.82) is 0 Å². The minimum absolute atomic E-state index is 0.150. The van der Waals surface area contributed by atoms with Gasteiger partial charge in [0.1, 0.15) is 11.6 Å². The molecule has 0 N–H and O–H groups in total. The first kappa shape index (κ1) is 20.2. The van der Waals surface area contributed by atoms with E-state index >= 15 is 0 Å². The topological polar surface area (TPSA) is 59.0 Å². The normalized spacial score (nSPS) is 14.3. The van der Waals surface area contributed by atoms with E-state index < -0.39 is 10.0 Å². The Hall–Kier alpha value is -3.12. The van der Waals surface area contributed by atoms with Gasteiger partial charge in [-0.15, -0.1) is 4.40 Å². The van der Waals surface area contributed by atoms with Crippen molar-refractivity contribution in [1.82, 2.24) is 4.90 Å². The summed E-state index contributed by atoms with van der Waals surface area (Å²) in [7, 11) is -3.88. The fraction of sp³-hybridized carbons (Fsp3) is 0.208. The van der Waals surface area contributed by atoms with E-state index in [1.807, 2.05) is 54.3 Å². The molecule has 0 fully saturated rings. The molecule has 1 aliphatic rings. The van der Waals surface area contributed by atoms with Crippen LogP contribution in [0.25, 0.3) is 0 Å². The zero-order valence-electron chi connectivity index (χ0n) is 16.9. The minimum Gasteiger partial charge on any atom is -0.494 e. The van der Waals surface area contributed by atoms with Crippen molar-refractivity contribution >= 4 is 15.9 Å². The van der Waals surface area contributed by atoms with Gasteiger partial charge < -0.3 is 9.64 Å². The second kappa shape index (κ2) is 8.71. The number of amidine groups is 1. The predicted octanol–water partition coefficient (Wildman–Crippen LogP) is 4.28. The Morgan fingerprint density at radius 3 is 2.30 bits per heavy atom. The molecule has 0 atom stereocenters. The van der Waals surface area contributed by atoms with Crippen LogP contribution in [0.3, 0.4) is 0 Å². The molecule has 0 bridgehead atoms. The minimum atomic E-state index is -3.88. The van der Waals surface area contributed by atoms with E-state index in [0.717, 1.165) is 12.0 Å². The van der Waals surface area contributed by atoms with Crippen LogP contribution in [0.15, 0.2) is 88.2 Å². The summed E-state index contributed by atoms with van der Waals surface area (Å²) in [6.07, 6.45) is 0.852. The number of ether oxygens (including phenoxy) is 1. The number of benzene rings is 3. The second-order valence-corrected chi connectivity index (χ2v) is 8.70. The molecule has 154 valence electrons. The maximum atomic E-state index is 13.1. The van der Waals surface area contributed by atoms with Crippen molar-refractivity contribution in [3.63, 3.8) is 0 Å². The zero-order valence-corrected chi connectivity index (χ0v) is 17.7. The van der Waals surface area contributed by atoms with Crippen LogP contribution in [-0.2, 0) is 23.0 Å². The van der Waals surface area contributed by atoms with Gasteiger partial charge in [-0.25, -0.2) is 0 Å². The van der Waals surface area contributed by atoms with Gasteiger partial charge in [-0.05, 0) is 48.7 Å². The average molecular weight is 421 g/mol. The molecule has 0 amide bonds. The summed E-state index contributed by atoms with van der Waals surface area (Å²) >= 11 is 0. The molecule has 0 unspecified atom stereocenters. The zero-order chi connectivity index (χ0) is 21.0. The van der Waals surface area contributed by atoms with Gasteiger partial charge in [0.05, 0.1) is 11.5 Å². The maximum absolute atomic E-state index is 13.1. The van der Waals surface area contributed by atoms with E-state index in [0.29, 0.717) is 31.3 Å². The van der Waals surface area contributed by atoms with Gasteiger partial charge in [0.2, 0.25) is 0 Å². The highest BCUT2D eigenvalue weighted by Crippen LogP contribution is 2.23. The fourth-order valence-electron chi connectivity index (χ4n) is 3.60. The first-order valence-corrected chi connectivity index (χ1v) is 11.5. The lowest BCUT2D eigenvalue weighted by Gasteiger charge is -2.31. The average Bonchev–Trinajstić information content (AvgIpc) is 2.78. The van der Waals surface area contributed by atoms with E-state index in [1.165, 1.54) is 23.3 Å². The fourth-order valence-corrected chi connectivity index (χ4v) is 4.63. The van der Waals surface area contributed by atoms with Crippen molar-refractivity contribution in [3.8, 4) is 5.75 Å². The summed E-state index contributed by atoms with van der Waals surface area (Å²) in [4.78, 5) is 2.20. The highest BCUT2D eigenvalue weighted by molar-refractivity contribution is 7.90. The number of hydrogen-bond acceptors (Lipinski definition) is 3. The van der Waals surface area contributed by atoms with Crippen molar-refractivity contribution in [3.05, 3.63) is 95.6 Å². The lowest BCUT2D eigenvalue weighted by atomic mass is 9.99. The highest BCUT2D eigenvalue weighted by atomic mass is 32.2. The van der Waals surface area contributed by atoms with Crippen molar-refractivity contribution in [2.24, 2.45) is 4.40 Å². The van der Waals surface area contributed by atoms with Gasteiger partial charge in [0.25, 0.3) is 10.0 Å². The summed E-state index contributed by atoms with van der Waals surface area (Å²) in [6, 6.07) is 24.2. The predicted molar refractivity (Wildman–Crippen MR) is 118 cm³/mol. The lowest BCUT2D eigenvalue weighted by molar-refractivity contribution is 0.340. The molecule has 4 rings (SSSR count). The number of hydrogen-bond donors (Lipinski definition) is 0. The molecule has 0 saturated heterocycles.